The molecule has 2 rings (SSSR count). The molecule has 5 heteroatoms. The molecule has 0 aliphatic heterocycles. The van der Waals surface area contributed by atoms with Crippen LogP contribution in [-0.4, -0.2) is 17.0 Å². The smallest absolute Gasteiger partial charge is 0.331 e. The molecule has 1 aliphatic carbocycles. The molecule has 1 saturated carbocycles. The number of hydrogen-bond acceptors (Lipinski definition) is 4. The summed E-state index contributed by atoms with van der Waals surface area (Å²) in [5, 5.41) is 10.8. The molecule has 1 aliphatic rings. The van der Waals surface area contributed by atoms with Gasteiger partial charge in [0.25, 0.3) is 5.69 Å². The lowest BCUT2D eigenvalue weighted by atomic mass is 9.75. The topological polar surface area (TPSA) is 69.4 Å². The van der Waals surface area contributed by atoms with Crippen LogP contribution >= 0.6 is 0 Å². The van der Waals surface area contributed by atoms with Crippen molar-refractivity contribution in [3.8, 4) is 0 Å². The fourth-order valence-corrected chi connectivity index (χ4v) is 3.34. The van der Waals surface area contributed by atoms with E-state index in [0.717, 1.165) is 12.8 Å². The third-order valence-corrected chi connectivity index (χ3v) is 4.72. The van der Waals surface area contributed by atoms with Crippen molar-refractivity contribution in [2.75, 3.05) is 0 Å². The zero-order chi connectivity index (χ0) is 17.7. The summed E-state index contributed by atoms with van der Waals surface area (Å²) in [6, 6.07) is 6.17. The Balaban J connectivity index is 2.01. The first kappa shape index (κ1) is 18.2. The van der Waals surface area contributed by atoms with Crippen LogP contribution in [0.3, 0.4) is 0 Å². The van der Waals surface area contributed by atoms with Crippen molar-refractivity contribution in [2.24, 2.45) is 17.8 Å². The Kier molecular flexibility index (Phi) is 6.12. The molecule has 0 saturated heterocycles. The number of esters is 1. The van der Waals surface area contributed by atoms with Gasteiger partial charge in [0.2, 0.25) is 0 Å². The molecule has 1 aromatic rings. The number of nitro benzene ring substituents is 1. The van der Waals surface area contributed by atoms with Gasteiger partial charge < -0.3 is 4.74 Å². The number of benzene rings is 1. The zero-order valence-electron chi connectivity index (χ0n) is 14.5. The molecule has 3 atom stereocenters. The quantitative estimate of drug-likeness (QED) is 0.342. The maximum absolute atomic E-state index is 12.1. The fourth-order valence-electron chi connectivity index (χ4n) is 3.34. The SMILES string of the molecule is CC1CCC(C(C)C)C(OC(=O)/C=C/c2cccc([N+](=O)[O-])c2)C1. The minimum atomic E-state index is -0.452. The van der Waals surface area contributed by atoms with Crippen LogP contribution in [0.1, 0.15) is 45.6 Å². The molecule has 0 radical (unpaired) electrons. The highest BCUT2D eigenvalue weighted by molar-refractivity contribution is 5.87. The number of ether oxygens (including phenoxy) is 1. The Hall–Kier alpha value is -2.17. The molecule has 0 N–H and O–H groups in total. The normalized spacial score (nSPS) is 24.2. The molecule has 3 unspecified atom stereocenters. The summed E-state index contributed by atoms with van der Waals surface area (Å²) in [5.74, 6) is 1.07. The number of hydrogen-bond donors (Lipinski definition) is 0. The van der Waals surface area contributed by atoms with Crippen LogP contribution in [0.5, 0.6) is 0 Å². The molecule has 24 heavy (non-hydrogen) atoms. The summed E-state index contributed by atoms with van der Waals surface area (Å²) in [6.45, 7) is 6.52. The van der Waals surface area contributed by atoms with Crippen LogP contribution in [0.15, 0.2) is 30.3 Å². The standard InChI is InChI=1S/C19H25NO4/c1-13(2)17-9-7-14(3)11-18(17)24-19(21)10-8-15-5-4-6-16(12-15)20(22)23/h4-6,8,10,12-14,17-18H,7,9,11H2,1-3H3/b10-8+. The van der Waals surface area contributed by atoms with Gasteiger partial charge in [0.05, 0.1) is 4.92 Å². The van der Waals surface area contributed by atoms with E-state index in [9.17, 15) is 14.9 Å². The van der Waals surface area contributed by atoms with Gasteiger partial charge in [-0.3, -0.25) is 10.1 Å². The lowest BCUT2D eigenvalue weighted by molar-refractivity contribution is -0.384. The van der Waals surface area contributed by atoms with Crippen LogP contribution < -0.4 is 0 Å². The minimum Gasteiger partial charge on any atom is -0.459 e. The highest BCUT2D eigenvalue weighted by Gasteiger charge is 2.32. The van der Waals surface area contributed by atoms with E-state index >= 15 is 0 Å². The highest BCUT2D eigenvalue weighted by atomic mass is 16.6. The summed E-state index contributed by atoms with van der Waals surface area (Å²) in [4.78, 5) is 22.5. The Morgan fingerprint density at radius 1 is 1.38 bits per heavy atom. The maximum atomic E-state index is 12.1. The van der Waals surface area contributed by atoms with Crippen LogP contribution in [0.2, 0.25) is 0 Å². The maximum Gasteiger partial charge on any atom is 0.331 e. The van der Waals surface area contributed by atoms with E-state index in [4.69, 9.17) is 4.74 Å². The molecule has 0 amide bonds. The number of non-ortho nitro benzene ring substituents is 1. The largest absolute Gasteiger partial charge is 0.459 e. The van der Waals surface area contributed by atoms with Gasteiger partial charge in [-0.15, -0.1) is 0 Å². The van der Waals surface area contributed by atoms with E-state index in [-0.39, 0.29) is 17.8 Å². The molecular formula is C19H25NO4. The molecule has 0 bridgehead atoms. The molecule has 0 heterocycles. The number of carbonyl (C=O) groups excluding carboxylic acids is 1. The second-order valence-electron chi connectivity index (χ2n) is 6.99. The first-order valence-electron chi connectivity index (χ1n) is 8.50. The van der Waals surface area contributed by atoms with E-state index in [0.29, 0.717) is 23.3 Å². The highest BCUT2D eigenvalue weighted by Crippen LogP contribution is 2.35. The van der Waals surface area contributed by atoms with Gasteiger partial charge in [0.1, 0.15) is 6.10 Å². The first-order chi connectivity index (χ1) is 11.4. The monoisotopic (exact) mass is 331 g/mol. The van der Waals surface area contributed by atoms with E-state index in [1.54, 1.807) is 18.2 Å². The van der Waals surface area contributed by atoms with Crippen LogP contribution in [0, 0.1) is 27.9 Å². The summed E-state index contributed by atoms with van der Waals surface area (Å²) in [7, 11) is 0. The number of nitro groups is 1. The van der Waals surface area contributed by atoms with Gasteiger partial charge in [0, 0.05) is 18.2 Å². The average Bonchev–Trinajstić information content (AvgIpc) is 2.53. The van der Waals surface area contributed by atoms with E-state index in [2.05, 4.69) is 20.8 Å². The van der Waals surface area contributed by atoms with Crippen molar-refractivity contribution in [3.63, 3.8) is 0 Å². The lowest BCUT2D eigenvalue weighted by Gasteiger charge is -2.36. The third kappa shape index (κ3) is 4.91. The second-order valence-corrected chi connectivity index (χ2v) is 6.99. The number of carbonyl (C=O) groups is 1. The van der Waals surface area contributed by atoms with Crippen molar-refractivity contribution in [2.45, 2.75) is 46.1 Å². The Morgan fingerprint density at radius 2 is 2.12 bits per heavy atom. The molecule has 0 aromatic heterocycles. The predicted molar refractivity (Wildman–Crippen MR) is 93.4 cm³/mol. The zero-order valence-corrected chi connectivity index (χ0v) is 14.5. The van der Waals surface area contributed by atoms with Crippen molar-refractivity contribution >= 4 is 17.7 Å². The Labute approximate surface area is 142 Å². The lowest BCUT2D eigenvalue weighted by Crippen LogP contribution is -2.35. The average molecular weight is 331 g/mol. The first-order valence-corrected chi connectivity index (χ1v) is 8.50. The van der Waals surface area contributed by atoms with E-state index in [1.165, 1.54) is 24.6 Å². The van der Waals surface area contributed by atoms with Gasteiger partial charge in [-0.25, -0.2) is 4.79 Å². The molecule has 1 fully saturated rings. The Morgan fingerprint density at radius 3 is 2.79 bits per heavy atom. The molecule has 130 valence electrons. The van der Waals surface area contributed by atoms with E-state index in [1.807, 2.05) is 0 Å². The van der Waals surface area contributed by atoms with Gasteiger partial charge in [-0.2, -0.15) is 0 Å². The van der Waals surface area contributed by atoms with E-state index < -0.39 is 4.92 Å². The summed E-state index contributed by atoms with van der Waals surface area (Å²) in [6.07, 6.45) is 6.04. The van der Waals surface area contributed by atoms with Crippen LogP contribution in [-0.2, 0) is 9.53 Å². The minimum absolute atomic E-state index is 0.00601. The van der Waals surface area contributed by atoms with Crippen molar-refractivity contribution < 1.29 is 14.5 Å². The van der Waals surface area contributed by atoms with Gasteiger partial charge in [0.15, 0.2) is 0 Å². The molecular weight excluding hydrogens is 306 g/mol. The van der Waals surface area contributed by atoms with Gasteiger partial charge >= 0.3 is 5.97 Å². The summed E-state index contributed by atoms with van der Waals surface area (Å²) in [5.41, 5.74) is 0.616. The predicted octanol–water partition coefficient (Wildman–Crippen LogP) is 4.61. The van der Waals surface area contributed by atoms with Crippen molar-refractivity contribution in [3.05, 3.63) is 46.0 Å². The summed E-state index contributed by atoms with van der Waals surface area (Å²) < 4.78 is 5.68. The van der Waals surface area contributed by atoms with Crippen LogP contribution in [0.25, 0.3) is 6.08 Å². The van der Waals surface area contributed by atoms with Crippen LogP contribution in [0.4, 0.5) is 5.69 Å². The third-order valence-electron chi connectivity index (χ3n) is 4.72. The van der Waals surface area contributed by atoms with Gasteiger partial charge in [-0.05, 0) is 42.2 Å². The number of nitrogens with zero attached hydrogens (tertiary/aromatic N) is 1. The second kappa shape index (κ2) is 8.08. The number of rotatable bonds is 5. The van der Waals surface area contributed by atoms with Crippen molar-refractivity contribution in [1.82, 2.24) is 0 Å². The Bertz CT molecular complexity index is 624. The van der Waals surface area contributed by atoms with Gasteiger partial charge in [-0.1, -0.05) is 39.3 Å². The fraction of sp³-hybridized carbons (Fsp3) is 0.526. The molecule has 0 spiro atoms. The molecule has 5 nitrogen and oxygen atoms in total. The van der Waals surface area contributed by atoms with Crippen molar-refractivity contribution in [1.29, 1.82) is 0 Å². The summed E-state index contributed by atoms with van der Waals surface area (Å²) >= 11 is 0. The molecule has 1 aromatic carbocycles.